The Morgan fingerprint density at radius 2 is 0.733 bits per heavy atom. The monoisotopic (exact) mass is 594 g/mol. The zero-order valence-corrected chi connectivity index (χ0v) is 26.4. The van der Waals surface area contributed by atoms with Crippen LogP contribution in [0.2, 0.25) is 0 Å². The van der Waals surface area contributed by atoms with Crippen LogP contribution in [0, 0.1) is 0 Å². The summed E-state index contributed by atoms with van der Waals surface area (Å²) in [5.74, 6) is 0. The molecule has 0 aliphatic heterocycles. The van der Waals surface area contributed by atoms with Crippen LogP contribution >= 0.6 is 10.0 Å². The zero-order valence-electron chi connectivity index (χ0n) is 25.6. The average Bonchev–Trinajstić information content (AvgIpc) is 3.11. The van der Waals surface area contributed by atoms with E-state index in [9.17, 15) is 0 Å². The Hall–Kier alpha value is -5.11. The van der Waals surface area contributed by atoms with Crippen molar-refractivity contribution in [3.63, 3.8) is 0 Å². The van der Waals surface area contributed by atoms with Gasteiger partial charge in [-0.3, -0.25) is 0 Å². The molecule has 0 spiro atoms. The molecule has 0 amide bonds. The number of rotatable bonds is 5. The SMILES string of the molecule is CS(C)(c1ccccc1)c1cccc(-c2c3ccccc3c(-c3ccc(-c4ccccc4)c4ccccc34)c3ccccc23)c1. The van der Waals surface area contributed by atoms with E-state index in [1.165, 1.54) is 75.5 Å². The predicted octanol–water partition coefficient (Wildman–Crippen LogP) is 12.6. The lowest BCUT2D eigenvalue weighted by Crippen LogP contribution is -1.98. The van der Waals surface area contributed by atoms with Crippen molar-refractivity contribution in [2.24, 2.45) is 0 Å². The van der Waals surface area contributed by atoms with Crippen molar-refractivity contribution in [3.05, 3.63) is 170 Å². The van der Waals surface area contributed by atoms with Crippen molar-refractivity contribution in [1.82, 2.24) is 0 Å². The molecule has 0 unspecified atom stereocenters. The molecule has 0 N–H and O–H groups in total. The fourth-order valence-corrected chi connectivity index (χ4v) is 8.93. The molecule has 0 saturated carbocycles. The van der Waals surface area contributed by atoms with E-state index < -0.39 is 10.0 Å². The quantitative estimate of drug-likeness (QED) is 0.174. The molecule has 8 aromatic rings. The molecule has 8 aromatic carbocycles. The third kappa shape index (κ3) is 4.63. The second kappa shape index (κ2) is 11.1. The van der Waals surface area contributed by atoms with Gasteiger partial charge in [0.05, 0.1) is 0 Å². The first-order valence-corrected chi connectivity index (χ1v) is 18.0. The summed E-state index contributed by atoms with van der Waals surface area (Å²) in [6.45, 7) is 0. The molecule has 0 atom stereocenters. The van der Waals surface area contributed by atoms with Gasteiger partial charge >= 0.3 is 0 Å². The summed E-state index contributed by atoms with van der Waals surface area (Å²) >= 11 is 0. The maximum Gasteiger partial charge on any atom is -0.00201 e. The van der Waals surface area contributed by atoms with Gasteiger partial charge in [-0.15, -0.1) is 0 Å². The second-order valence-electron chi connectivity index (χ2n) is 12.1. The standard InChI is InChI=1S/C44H34S/c1-45(2,33-19-7-4-8-20-33)34-21-15-18-32(30-34)43-38-24-11-13-26-40(38)44(41-27-14-12-25-39(41)43)42-29-28-35(31-16-5-3-6-17-31)36-22-9-10-23-37(36)42/h3-30H,1-2H3. The molecule has 0 saturated heterocycles. The van der Waals surface area contributed by atoms with E-state index in [0.29, 0.717) is 0 Å². The molecule has 216 valence electrons. The van der Waals surface area contributed by atoms with Gasteiger partial charge in [-0.25, -0.2) is 0 Å². The summed E-state index contributed by atoms with van der Waals surface area (Å²) in [5.41, 5.74) is 7.65. The van der Waals surface area contributed by atoms with Crippen molar-refractivity contribution in [2.75, 3.05) is 12.5 Å². The smallest absolute Gasteiger partial charge is 0.00201 e. The molecular weight excluding hydrogens is 561 g/mol. The van der Waals surface area contributed by atoms with Gasteiger partial charge in [-0.2, -0.15) is 10.0 Å². The van der Waals surface area contributed by atoms with Gasteiger partial charge in [0.1, 0.15) is 0 Å². The van der Waals surface area contributed by atoms with Gasteiger partial charge in [0.15, 0.2) is 0 Å². The van der Waals surface area contributed by atoms with Gasteiger partial charge in [0.25, 0.3) is 0 Å². The Morgan fingerprint density at radius 1 is 0.311 bits per heavy atom. The van der Waals surface area contributed by atoms with E-state index in [-0.39, 0.29) is 0 Å². The summed E-state index contributed by atoms with van der Waals surface area (Å²) in [6, 6.07) is 62.5. The minimum absolute atomic E-state index is 1.18. The highest BCUT2D eigenvalue weighted by Crippen LogP contribution is 2.57. The third-order valence-electron chi connectivity index (χ3n) is 9.25. The summed E-state index contributed by atoms with van der Waals surface area (Å²) in [6.07, 6.45) is 4.82. The fraction of sp³-hybridized carbons (Fsp3) is 0.0455. The maximum absolute atomic E-state index is 2.44. The molecule has 0 heterocycles. The summed E-state index contributed by atoms with van der Waals surface area (Å²) in [7, 11) is -1.18. The van der Waals surface area contributed by atoms with Crippen LogP contribution in [0.4, 0.5) is 0 Å². The Balaban J connectivity index is 1.41. The normalized spacial score (nSPS) is 12.1. The van der Waals surface area contributed by atoms with E-state index >= 15 is 0 Å². The second-order valence-corrected chi connectivity index (χ2v) is 15.7. The minimum Gasteiger partial charge on any atom is -0.194 e. The lowest BCUT2D eigenvalue weighted by atomic mass is 9.84. The maximum atomic E-state index is 2.44. The van der Waals surface area contributed by atoms with Crippen molar-refractivity contribution >= 4 is 42.3 Å². The van der Waals surface area contributed by atoms with Crippen LogP contribution < -0.4 is 0 Å². The van der Waals surface area contributed by atoms with Crippen LogP contribution in [0.15, 0.2) is 180 Å². The van der Waals surface area contributed by atoms with Gasteiger partial charge in [0, 0.05) is 0 Å². The number of fused-ring (bicyclic) bond motifs is 3. The first-order chi connectivity index (χ1) is 22.1. The largest absolute Gasteiger partial charge is 0.194 e. The number of hydrogen-bond acceptors (Lipinski definition) is 0. The molecule has 0 fully saturated rings. The summed E-state index contributed by atoms with van der Waals surface area (Å²) in [4.78, 5) is 2.80. The summed E-state index contributed by atoms with van der Waals surface area (Å²) in [5, 5.41) is 7.68. The summed E-state index contributed by atoms with van der Waals surface area (Å²) < 4.78 is 0. The predicted molar refractivity (Wildman–Crippen MR) is 198 cm³/mol. The molecule has 1 heteroatoms. The molecule has 0 bridgehead atoms. The molecule has 45 heavy (non-hydrogen) atoms. The topological polar surface area (TPSA) is 0 Å². The van der Waals surface area contributed by atoms with Crippen LogP contribution in [0.1, 0.15) is 0 Å². The van der Waals surface area contributed by atoms with Crippen LogP contribution in [-0.4, -0.2) is 12.5 Å². The molecule has 0 nitrogen and oxygen atoms in total. The van der Waals surface area contributed by atoms with Crippen molar-refractivity contribution < 1.29 is 0 Å². The molecule has 0 aliphatic carbocycles. The minimum atomic E-state index is -1.18. The van der Waals surface area contributed by atoms with E-state index in [0.717, 1.165) is 0 Å². The van der Waals surface area contributed by atoms with E-state index in [1.54, 1.807) is 0 Å². The third-order valence-corrected chi connectivity index (χ3v) is 12.1. The van der Waals surface area contributed by atoms with Crippen LogP contribution in [0.3, 0.4) is 0 Å². The zero-order chi connectivity index (χ0) is 30.4. The van der Waals surface area contributed by atoms with Gasteiger partial charge in [0.2, 0.25) is 0 Å². The van der Waals surface area contributed by atoms with Crippen molar-refractivity contribution in [1.29, 1.82) is 0 Å². The van der Waals surface area contributed by atoms with Gasteiger partial charge in [-0.1, -0.05) is 146 Å². The van der Waals surface area contributed by atoms with Crippen molar-refractivity contribution in [2.45, 2.75) is 9.79 Å². The first kappa shape index (κ1) is 27.4. The highest BCUT2D eigenvalue weighted by molar-refractivity contribution is 8.32. The highest BCUT2D eigenvalue weighted by Gasteiger charge is 2.21. The molecule has 8 rings (SSSR count). The first-order valence-electron chi connectivity index (χ1n) is 15.5. The Morgan fingerprint density at radius 3 is 1.33 bits per heavy atom. The van der Waals surface area contributed by atoms with Gasteiger partial charge in [-0.05, 0) is 112 Å². The van der Waals surface area contributed by atoms with E-state index in [1.807, 2.05) is 0 Å². The van der Waals surface area contributed by atoms with E-state index in [2.05, 4.69) is 182 Å². The fourth-order valence-electron chi connectivity index (χ4n) is 6.98. The highest BCUT2D eigenvalue weighted by atomic mass is 32.3. The Labute approximate surface area is 266 Å². The molecule has 0 aliphatic rings. The van der Waals surface area contributed by atoms with Crippen LogP contribution in [0.5, 0.6) is 0 Å². The Bertz CT molecular complexity index is 2280. The van der Waals surface area contributed by atoms with E-state index in [4.69, 9.17) is 0 Å². The number of hydrogen-bond donors (Lipinski definition) is 0. The van der Waals surface area contributed by atoms with Gasteiger partial charge < -0.3 is 0 Å². The molecule has 0 aromatic heterocycles. The van der Waals surface area contributed by atoms with Crippen LogP contribution in [0.25, 0.3) is 65.7 Å². The molecular formula is C44H34S. The average molecular weight is 595 g/mol. The lowest BCUT2D eigenvalue weighted by molar-refractivity contribution is 1.36. The van der Waals surface area contributed by atoms with Crippen molar-refractivity contribution in [3.8, 4) is 33.4 Å². The lowest BCUT2D eigenvalue weighted by Gasteiger charge is -2.32. The molecule has 0 radical (unpaired) electrons. The Kier molecular flexibility index (Phi) is 6.77. The van der Waals surface area contributed by atoms with Crippen LogP contribution in [-0.2, 0) is 0 Å². The number of benzene rings is 8.